The van der Waals surface area contributed by atoms with Crippen molar-refractivity contribution in [2.45, 2.75) is 52.4 Å². The second kappa shape index (κ2) is 6.06. The summed E-state index contributed by atoms with van der Waals surface area (Å²) in [5.74, 6) is 1.63. The lowest BCUT2D eigenvalue weighted by Crippen LogP contribution is -2.05. The van der Waals surface area contributed by atoms with Crippen molar-refractivity contribution in [1.29, 1.82) is 0 Å². The Bertz CT molecular complexity index is 198. The van der Waals surface area contributed by atoms with Crippen LogP contribution in [0.3, 0.4) is 0 Å². The Labute approximate surface area is 89.1 Å². The third-order valence-electron chi connectivity index (χ3n) is 3.13. The van der Waals surface area contributed by atoms with Crippen LogP contribution in [0.4, 0.5) is 0 Å². The van der Waals surface area contributed by atoms with Crippen molar-refractivity contribution in [2.75, 3.05) is 0 Å². The van der Waals surface area contributed by atoms with Crippen molar-refractivity contribution in [3.8, 4) is 0 Å². The van der Waals surface area contributed by atoms with E-state index in [0.29, 0.717) is 0 Å². The van der Waals surface area contributed by atoms with Crippen LogP contribution in [0.15, 0.2) is 24.3 Å². The Morgan fingerprint density at radius 2 is 2.21 bits per heavy atom. The molecule has 1 aliphatic rings. The van der Waals surface area contributed by atoms with Crippen LogP contribution in [0.5, 0.6) is 0 Å². The number of rotatable bonds is 5. The highest BCUT2D eigenvalue weighted by atomic mass is 14.2. The minimum Gasteiger partial charge on any atom is -0.0996 e. The average molecular weight is 192 g/mol. The van der Waals surface area contributed by atoms with E-state index >= 15 is 0 Å². The highest BCUT2D eigenvalue weighted by molar-refractivity contribution is 5.06. The summed E-state index contributed by atoms with van der Waals surface area (Å²) in [5.41, 5.74) is 1.50. The van der Waals surface area contributed by atoms with Gasteiger partial charge in [-0.1, -0.05) is 44.6 Å². The van der Waals surface area contributed by atoms with Crippen molar-refractivity contribution >= 4 is 0 Å². The number of hydrogen-bond donors (Lipinski definition) is 0. The maximum atomic E-state index is 4.24. The molecule has 0 heteroatoms. The molecule has 0 bridgehead atoms. The zero-order valence-electron chi connectivity index (χ0n) is 9.76. The molecule has 0 saturated carbocycles. The summed E-state index contributed by atoms with van der Waals surface area (Å²) >= 11 is 0. The van der Waals surface area contributed by atoms with Crippen molar-refractivity contribution in [3.05, 3.63) is 24.3 Å². The fourth-order valence-electron chi connectivity index (χ4n) is 2.11. The van der Waals surface area contributed by atoms with Gasteiger partial charge in [-0.05, 0) is 43.9 Å². The third kappa shape index (κ3) is 4.13. The molecular formula is C14H24. The van der Waals surface area contributed by atoms with Gasteiger partial charge >= 0.3 is 0 Å². The van der Waals surface area contributed by atoms with Gasteiger partial charge < -0.3 is 0 Å². The summed E-state index contributed by atoms with van der Waals surface area (Å²) in [6.45, 7) is 8.84. The van der Waals surface area contributed by atoms with E-state index in [1.807, 2.05) is 0 Å². The van der Waals surface area contributed by atoms with E-state index in [2.05, 4.69) is 32.6 Å². The van der Waals surface area contributed by atoms with Crippen LogP contribution in [0, 0.1) is 11.8 Å². The molecule has 0 saturated heterocycles. The third-order valence-corrected chi connectivity index (χ3v) is 3.13. The molecule has 0 aromatic rings. The second-order valence-corrected chi connectivity index (χ2v) is 4.93. The molecule has 0 N–H and O–H groups in total. The predicted molar refractivity (Wildman–Crippen MR) is 64.3 cm³/mol. The molecule has 0 nitrogen and oxygen atoms in total. The summed E-state index contributed by atoms with van der Waals surface area (Å²) in [4.78, 5) is 0. The van der Waals surface area contributed by atoms with E-state index in [-0.39, 0.29) is 0 Å². The normalized spacial score (nSPS) is 21.5. The maximum absolute atomic E-state index is 4.24. The molecule has 1 rings (SSSR count). The Morgan fingerprint density at radius 1 is 1.43 bits per heavy atom. The van der Waals surface area contributed by atoms with E-state index in [1.165, 1.54) is 44.1 Å². The monoisotopic (exact) mass is 192 g/mol. The number of allylic oxidation sites excluding steroid dienone is 3. The van der Waals surface area contributed by atoms with E-state index in [1.54, 1.807) is 0 Å². The average Bonchev–Trinajstić information content (AvgIpc) is 2.18. The summed E-state index contributed by atoms with van der Waals surface area (Å²) in [6, 6.07) is 0. The maximum Gasteiger partial charge on any atom is -0.0168 e. The number of hydrogen-bond acceptors (Lipinski definition) is 0. The van der Waals surface area contributed by atoms with Crippen LogP contribution in [-0.4, -0.2) is 0 Å². The first kappa shape index (κ1) is 11.6. The topological polar surface area (TPSA) is 0 Å². The van der Waals surface area contributed by atoms with Gasteiger partial charge in [-0.15, -0.1) is 0 Å². The minimum absolute atomic E-state index is 0.784. The zero-order chi connectivity index (χ0) is 10.4. The summed E-state index contributed by atoms with van der Waals surface area (Å²) in [7, 11) is 0. The lowest BCUT2D eigenvalue weighted by atomic mass is 9.85. The van der Waals surface area contributed by atoms with Gasteiger partial charge in [-0.3, -0.25) is 0 Å². The van der Waals surface area contributed by atoms with Gasteiger partial charge in [0.15, 0.2) is 0 Å². The van der Waals surface area contributed by atoms with Gasteiger partial charge in [-0.25, -0.2) is 0 Å². The molecule has 0 heterocycles. The summed E-state index contributed by atoms with van der Waals surface area (Å²) < 4.78 is 0. The standard InChI is InChI=1S/C14H24/c1-12(2)8-7-9-13(3)14-10-5-4-6-11-14/h4-5,12,14H,3,6-11H2,1-2H3. The van der Waals surface area contributed by atoms with Crippen molar-refractivity contribution in [1.82, 2.24) is 0 Å². The van der Waals surface area contributed by atoms with Gasteiger partial charge in [0.25, 0.3) is 0 Å². The van der Waals surface area contributed by atoms with Gasteiger partial charge in [-0.2, -0.15) is 0 Å². The van der Waals surface area contributed by atoms with Gasteiger partial charge in [0.05, 0.1) is 0 Å². The molecule has 0 radical (unpaired) electrons. The molecule has 0 aromatic carbocycles. The quantitative estimate of drug-likeness (QED) is 0.553. The molecule has 0 amide bonds. The van der Waals surface area contributed by atoms with Crippen molar-refractivity contribution in [3.63, 3.8) is 0 Å². The van der Waals surface area contributed by atoms with E-state index in [9.17, 15) is 0 Å². The first-order valence-corrected chi connectivity index (χ1v) is 6.03. The lowest BCUT2D eigenvalue weighted by molar-refractivity contribution is 0.501. The smallest absolute Gasteiger partial charge is 0.0168 e. The molecule has 1 unspecified atom stereocenters. The van der Waals surface area contributed by atoms with Gasteiger partial charge in [0, 0.05) is 0 Å². The van der Waals surface area contributed by atoms with E-state index in [4.69, 9.17) is 0 Å². The first-order chi connectivity index (χ1) is 6.70. The Kier molecular flexibility index (Phi) is 5.00. The molecule has 0 aliphatic heterocycles. The van der Waals surface area contributed by atoms with Gasteiger partial charge in [0.2, 0.25) is 0 Å². The molecule has 0 spiro atoms. The van der Waals surface area contributed by atoms with Crippen LogP contribution in [0.2, 0.25) is 0 Å². The summed E-state index contributed by atoms with van der Waals surface area (Å²) in [6.07, 6.45) is 12.4. The molecule has 0 fully saturated rings. The summed E-state index contributed by atoms with van der Waals surface area (Å²) in [5, 5.41) is 0. The molecule has 80 valence electrons. The highest BCUT2D eigenvalue weighted by Crippen LogP contribution is 2.28. The molecular weight excluding hydrogens is 168 g/mol. The van der Waals surface area contributed by atoms with Crippen LogP contribution < -0.4 is 0 Å². The second-order valence-electron chi connectivity index (χ2n) is 4.93. The molecule has 0 aromatic heterocycles. The molecule has 1 atom stereocenters. The van der Waals surface area contributed by atoms with Crippen molar-refractivity contribution in [2.24, 2.45) is 11.8 Å². The Hall–Kier alpha value is -0.520. The van der Waals surface area contributed by atoms with Crippen LogP contribution in [0.25, 0.3) is 0 Å². The van der Waals surface area contributed by atoms with Gasteiger partial charge in [0.1, 0.15) is 0 Å². The predicted octanol–water partition coefficient (Wildman–Crippen LogP) is 4.73. The fraction of sp³-hybridized carbons (Fsp3) is 0.714. The van der Waals surface area contributed by atoms with Crippen LogP contribution >= 0.6 is 0 Å². The minimum atomic E-state index is 0.784. The largest absolute Gasteiger partial charge is 0.0996 e. The van der Waals surface area contributed by atoms with E-state index in [0.717, 1.165) is 11.8 Å². The SMILES string of the molecule is C=C(CCCC(C)C)C1CC=CCC1. The molecule has 1 aliphatic carbocycles. The van der Waals surface area contributed by atoms with Crippen molar-refractivity contribution < 1.29 is 0 Å². The van der Waals surface area contributed by atoms with Crippen LogP contribution in [0.1, 0.15) is 52.4 Å². The Morgan fingerprint density at radius 3 is 2.79 bits per heavy atom. The first-order valence-electron chi connectivity index (χ1n) is 6.03. The zero-order valence-corrected chi connectivity index (χ0v) is 9.76. The lowest BCUT2D eigenvalue weighted by Gasteiger charge is -2.20. The Balaban J connectivity index is 2.17. The van der Waals surface area contributed by atoms with Crippen LogP contribution in [-0.2, 0) is 0 Å². The van der Waals surface area contributed by atoms with E-state index < -0.39 is 0 Å². The fourth-order valence-corrected chi connectivity index (χ4v) is 2.11. The molecule has 14 heavy (non-hydrogen) atoms. The highest BCUT2D eigenvalue weighted by Gasteiger charge is 2.12.